The van der Waals surface area contributed by atoms with E-state index in [-0.39, 0.29) is 11.8 Å². The summed E-state index contributed by atoms with van der Waals surface area (Å²) in [6, 6.07) is 16.1. The lowest BCUT2D eigenvalue weighted by Gasteiger charge is -2.56. The molecule has 2 aromatic heterocycles. The summed E-state index contributed by atoms with van der Waals surface area (Å²) in [6.07, 6.45) is 5.41. The molecule has 0 radical (unpaired) electrons. The van der Waals surface area contributed by atoms with Crippen molar-refractivity contribution in [3.63, 3.8) is 0 Å². The number of piperidine rings is 1. The van der Waals surface area contributed by atoms with Crippen LogP contribution in [-0.4, -0.2) is 44.2 Å². The molecule has 2 aliphatic heterocycles. The SMILES string of the molecule is Cn1nc(-c2ccc(N3C4CC(OCc5c(-c6c(Cl)cccc6Cl)noc5C5CC5)C[C@H]3C4)cc2)cc1C(=O)O. The molecule has 2 aliphatic carbocycles. The standard InChI is InChI=1S/C30H28Cl2N4O4/c1-35-26(30(37)38)14-25(33-35)16-7-9-18(10-8-16)36-19-11-20(36)13-21(12-19)39-15-22-28(34-40-29(22)17-5-6-17)27-23(31)3-2-4-24(27)32/h2-4,7-10,14,17,19-21H,5-6,11-13,15H2,1H3,(H,37,38)/t19-,20?,21?/m1/s1. The van der Waals surface area contributed by atoms with Gasteiger partial charge in [-0.05, 0) is 62.4 Å². The number of carboxylic acid groups (broad SMARTS) is 1. The van der Waals surface area contributed by atoms with E-state index in [1.165, 1.54) is 10.4 Å². The molecule has 4 heterocycles. The van der Waals surface area contributed by atoms with Gasteiger partial charge in [-0.2, -0.15) is 5.10 Å². The van der Waals surface area contributed by atoms with Crippen LogP contribution >= 0.6 is 23.2 Å². The first-order chi connectivity index (χ1) is 19.4. The molecule has 0 amide bonds. The summed E-state index contributed by atoms with van der Waals surface area (Å²) >= 11 is 13.0. The molecular formula is C30H28Cl2N4O4. The van der Waals surface area contributed by atoms with Crippen LogP contribution in [0.1, 0.15) is 59.8 Å². The minimum absolute atomic E-state index is 0.152. The van der Waals surface area contributed by atoms with Crippen LogP contribution in [0.25, 0.3) is 22.5 Å². The number of halogens is 2. The maximum atomic E-state index is 11.4. The molecule has 0 spiro atoms. The Morgan fingerprint density at radius 3 is 2.40 bits per heavy atom. The molecule has 206 valence electrons. The fourth-order valence-electron chi connectivity index (χ4n) is 6.24. The van der Waals surface area contributed by atoms with Crippen LogP contribution in [0.4, 0.5) is 5.69 Å². The highest BCUT2D eigenvalue weighted by atomic mass is 35.5. The Morgan fingerprint density at radius 1 is 1.07 bits per heavy atom. The van der Waals surface area contributed by atoms with E-state index >= 15 is 0 Å². The van der Waals surface area contributed by atoms with Gasteiger partial charge in [0.2, 0.25) is 0 Å². The third kappa shape index (κ3) is 4.48. The van der Waals surface area contributed by atoms with Crippen molar-refractivity contribution in [2.45, 2.75) is 62.8 Å². The van der Waals surface area contributed by atoms with Crippen molar-refractivity contribution >= 4 is 34.9 Å². The normalized spacial score (nSPS) is 21.9. The van der Waals surface area contributed by atoms with Crippen LogP contribution in [0.2, 0.25) is 10.0 Å². The van der Waals surface area contributed by atoms with Crippen molar-refractivity contribution < 1.29 is 19.2 Å². The molecule has 2 saturated carbocycles. The highest BCUT2D eigenvalue weighted by Crippen LogP contribution is 2.47. The summed E-state index contributed by atoms with van der Waals surface area (Å²) in [6.45, 7) is 0.424. The first-order valence-electron chi connectivity index (χ1n) is 13.6. The molecule has 4 aromatic rings. The summed E-state index contributed by atoms with van der Waals surface area (Å²) in [5.74, 6) is 0.304. The molecule has 2 bridgehead atoms. The van der Waals surface area contributed by atoms with E-state index in [1.807, 2.05) is 30.3 Å². The molecule has 10 heteroatoms. The highest BCUT2D eigenvalue weighted by Gasteiger charge is 2.46. The maximum absolute atomic E-state index is 11.4. The van der Waals surface area contributed by atoms with E-state index in [9.17, 15) is 9.90 Å². The van der Waals surface area contributed by atoms with E-state index in [0.29, 0.717) is 51.6 Å². The van der Waals surface area contributed by atoms with Gasteiger partial charge in [0.25, 0.3) is 0 Å². The topological polar surface area (TPSA) is 93.6 Å². The summed E-state index contributed by atoms with van der Waals surface area (Å²) in [4.78, 5) is 13.9. The molecule has 2 aromatic carbocycles. The second-order valence-electron chi connectivity index (χ2n) is 11.0. The van der Waals surface area contributed by atoms with Crippen molar-refractivity contribution in [2.24, 2.45) is 7.05 Å². The Kier molecular flexibility index (Phi) is 6.37. The van der Waals surface area contributed by atoms with Gasteiger partial charge in [0, 0.05) is 47.4 Å². The van der Waals surface area contributed by atoms with Gasteiger partial charge in [-0.15, -0.1) is 0 Å². The summed E-state index contributed by atoms with van der Waals surface area (Å²) in [5.41, 5.74) is 5.23. The van der Waals surface area contributed by atoms with E-state index in [0.717, 1.165) is 49.0 Å². The number of hydrogen-bond acceptors (Lipinski definition) is 6. The van der Waals surface area contributed by atoms with Crippen LogP contribution in [0.5, 0.6) is 0 Å². The zero-order chi connectivity index (χ0) is 27.5. The van der Waals surface area contributed by atoms with Crippen molar-refractivity contribution in [2.75, 3.05) is 4.90 Å². The van der Waals surface area contributed by atoms with Gasteiger partial charge in [-0.1, -0.05) is 46.6 Å². The molecular weight excluding hydrogens is 551 g/mol. The predicted octanol–water partition coefficient (Wildman–Crippen LogP) is 6.95. The van der Waals surface area contributed by atoms with Crippen molar-refractivity contribution in [3.8, 4) is 22.5 Å². The lowest BCUT2D eigenvalue weighted by atomic mass is 9.77. The van der Waals surface area contributed by atoms with Crippen molar-refractivity contribution in [3.05, 3.63) is 75.6 Å². The number of ether oxygens (including phenoxy) is 1. The quantitative estimate of drug-likeness (QED) is 0.241. The van der Waals surface area contributed by atoms with Crippen molar-refractivity contribution in [1.29, 1.82) is 0 Å². The van der Waals surface area contributed by atoms with E-state index in [2.05, 4.69) is 27.3 Å². The molecule has 40 heavy (non-hydrogen) atoms. The third-order valence-electron chi connectivity index (χ3n) is 8.39. The fraction of sp³-hybridized carbons (Fsp3) is 0.367. The van der Waals surface area contributed by atoms with Gasteiger partial charge in [0.15, 0.2) is 0 Å². The highest BCUT2D eigenvalue weighted by molar-refractivity contribution is 6.39. The second-order valence-corrected chi connectivity index (χ2v) is 11.8. The number of fused-ring (bicyclic) bond motifs is 2. The van der Waals surface area contributed by atoms with Gasteiger partial charge in [0.05, 0.1) is 28.5 Å². The van der Waals surface area contributed by atoms with E-state index in [1.54, 1.807) is 13.1 Å². The monoisotopic (exact) mass is 578 g/mol. The van der Waals surface area contributed by atoms with E-state index < -0.39 is 5.97 Å². The lowest BCUT2D eigenvalue weighted by molar-refractivity contribution is -0.0169. The number of carboxylic acids is 1. The lowest BCUT2D eigenvalue weighted by Crippen LogP contribution is -2.62. The van der Waals surface area contributed by atoms with E-state index in [4.69, 9.17) is 32.5 Å². The largest absolute Gasteiger partial charge is 0.477 e. The number of nitrogens with zero attached hydrogens (tertiary/aromatic N) is 4. The Morgan fingerprint density at radius 2 is 1.77 bits per heavy atom. The first-order valence-corrected chi connectivity index (χ1v) is 14.3. The van der Waals surface area contributed by atoms with Crippen LogP contribution in [0.15, 0.2) is 53.1 Å². The van der Waals surface area contributed by atoms with Gasteiger partial charge >= 0.3 is 5.97 Å². The first kappa shape index (κ1) is 25.6. The van der Waals surface area contributed by atoms with Gasteiger partial charge in [-0.3, -0.25) is 4.68 Å². The number of carbonyl (C=O) groups is 1. The molecule has 2 saturated heterocycles. The zero-order valence-corrected chi connectivity index (χ0v) is 23.4. The number of benzene rings is 2. The fourth-order valence-corrected chi connectivity index (χ4v) is 6.82. The molecule has 3 atom stereocenters. The minimum atomic E-state index is -0.986. The summed E-state index contributed by atoms with van der Waals surface area (Å²) in [7, 11) is 1.64. The van der Waals surface area contributed by atoms with Gasteiger partial charge < -0.3 is 19.3 Å². The number of aromatic nitrogens is 3. The molecule has 4 aliphatic rings. The average molecular weight is 579 g/mol. The second kappa shape index (κ2) is 9.94. The minimum Gasteiger partial charge on any atom is -0.477 e. The van der Waals surface area contributed by atoms with Gasteiger partial charge in [0.1, 0.15) is 17.1 Å². The molecule has 8 rings (SSSR count). The van der Waals surface area contributed by atoms with Crippen LogP contribution < -0.4 is 4.90 Å². The van der Waals surface area contributed by atoms with Gasteiger partial charge in [-0.25, -0.2) is 4.79 Å². The number of aryl methyl sites for hydroxylation is 1. The van der Waals surface area contributed by atoms with Crippen LogP contribution in [-0.2, 0) is 18.4 Å². The Balaban J connectivity index is 1.03. The molecule has 1 N–H and O–H groups in total. The smallest absolute Gasteiger partial charge is 0.354 e. The zero-order valence-electron chi connectivity index (χ0n) is 21.9. The number of hydrogen-bond donors (Lipinski definition) is 1. The Hall–Kier alpha value is -3.33. The average Bonchev–Trinajstić information content (AvgIpc) is 3.58. The number of aromatic carboxylic acids is 1. The summed E-state index contributed by atoms with van der Waals surface area (Å²) in [5, 5.41) is 19.2. The molecule has 4 fully saturated rings. The number of anilines is 1. The number of rotatable bonds is 8. The summed E-state index contributed by atoms with van der Waals surface area (Å²) < 4.78 is 13.7. The Labute approximate surface area is 241 Å². The third-order valence-corrected chi connectivity index (χ3v) is 9.02. The van der Waals surface area contributed by atoms with Crippen LogP contribution in [0.3, 0.4) is 0 Å². The Bertz CT molecular complexity index is 1560. The maximum Gasteiger partial charge on any atom is 0.354 e. The molecule has 8 nitrogen and oxygen atoms in total. The van der Waals surface area contributed by atoms with Crippen LogP contribution in [0, 0.1) is 0 Å². The predicted molar refractivity (Wildman–Crippen MR) is 152 cm³/mol. The molecule has 2 unspecified atom stereocenters. The van der Waals surface area contributed by atoms with Crippen molar-refractivity contribution in [1.82, 2.24) is 14.9 Å².